The first-order valence-electron chi connectivity index (χ1n) is 11.6. The fourth-order valence-electron chi connectivity index (χ4n) is 5.08. The molecule has 2 saturated heterocycles. The summed E-state index contributed by atoms with van der Waals surface area (Å²) in [4.78, 5) is 16.3. The summed E-state index contributed by atoms with van der Waals surface area (Å²) in [5.74, 6) is -1.46. The minimum absolute atomic E-state index is 0.356. The third-order valence-corrected chi connectivity index (χ3v) is 7.07. The van der Waals surface area contributed by atoms with E-state index in [0.29, 0.717) is 11.4 Å². The average Bonchev–Trinajstić information content (AvgIpc) is 2.99. The Morgan fingerprint density at radius 3 is 2.63 bits per heavy atom. The highest BCUT2D eigenvalue weighted by molar-refractivity contribution is 6.30. The molecule has 35 heavy (non-hydrogen) atoms. The van der Waals surface area contributed by atoms with Gasteiger partial charge in [-0.15, -0.1) is 0 Å². The van der Waals surface area contributed by atoms with Crippen LogP contribution in [0.25, 0.3) is 5.57 Å². The Morgan fingerprint density at radius 1 is 1.11 bits per heavy atom. The summed E-state index contributed by atoms with van der Waals surface area (Å²) in [5.41, 5.74) is 5.72. The molecule has 186 valence electrons. The normalized spacial score (nSPS) is 30.9. The molecule has 0 bridgehead atoms. The Morgan fingerprint density at radius 2 is 1.89 bits per heavy atom. The van der Waals surface area contributed by atoms with Crippen LogP contribution in [-0.4, -0.2) is 75.2 Å². The van der Waals surface area contributed by atoms with E-state index in [1.54, 1.807) is 18.3 Å². The minimum Gasteiger partial charge on any atom is -0.479 e. The third-order valence-electron chi connectivity index (χ3n) is 6.84. The van der Waals surface area contributed by atoms with E-state index in [-0.39, 0.29) is 0 Å². The molecule has 0 radical (unpaired) electrons. The van der Waals surface area contributed by atoms with Crippen molar-refractivity contribution < 1.29 is 34.7 Å². The van der Waals surface area contributed by atoms with E-state index in [4.69, 9.17) is 26.1 Å². The molecule has 9 nitrogen and oxygen atoms in total. The summed E-state index contributed by atoms with van der Waals surface area (Å²) in [6.45, 7) is 1.73. The molecule has 6 atom stereocenters. The molecular weight excluding hydrogens is 476 g/mol. The van der Waals surface area contributed by atoms with Crippen molar-refractivity contribution in [3.05, 3.63) is 69.5 Å². The van der Waals surface area contributed by atoms with E-state index in [1.165, 1.54) is 5.57 Å². The number of nitrogens with zero attached hydrogens (tertiary/aromatic N) is 1. The van der Waals surface area contributed by atoms with Crippen molar-refractivity contribution in [1.29, 1.82) is 0 Å². The Hall–Kier alpha value is -2.37. The molecule has 10 heteroatoms. The molecule has 5 rings (SSSR count). The van der Waals surface area contributed by atoms with Gasteiger partial charge in [0.25, 0.3) is 0 Å². The smallest absolute Gasteiger partial charge is 0.335 e. The largest absolute Gasteiger partial charge is 0.479 e. The molecule has 0 saturated carbocycles. The van der Waals surface area contributed by atoms with Gasteiger partial charge in [0.1, 0.15) is 18.3 Å². The van der Waals surface area contributed by atoms with Gasteiger partial charge in [-0.3, -0.25) is 4.98 Å². The van der Waals surface area contributed by atoms with Gasteiger partial charge in [-0.2, -0.15) is 0 Å². The molecule has 0 amide bonds. The Bertz CT molecular complexity index is 1150. The number of fused-ring (bicyclic) bond motifs is 2. The molecular formula is C25H27ClN2O7. The molecule has 5 N–H and O–H groups in total. The second kappa shape index (κ2) is 9.94. The average molecular weight is 503 g/mol. The lowest BCUT2D eigenvalue weighted by molar-refractivity contribution is -0.305. The molecule has 2 aromatic rings. The number of hydrogen-bond donors (Lipinski definition) is 5. The van der Waals surface area contributed by atoms with Gasteiger partial charge < -0.3 is 35.2 Å². The predicted molar refractivity (Wildman–Crippen MR) is 126 cm³/mol. The monoisotopic (exact) mass is 502 g/mol. The van der Waals surface area contributed by atoms with Crippen LogP contribution in [0.3, 0.4) is 0 Å². The van der Waals surface area contributed by atoms with Crippen LogP contribution in [0.1, 0.15) is 41.3 Å². The van der Waals surface area contributed by atoms with Gasteiger partial charge in [0, 0.05) is 23.2 Å². The predicted octanol–water partition coefficient (Wildman–Crippen LogP) is 1.43. The van der Waals surface area contributed by atoms with E-state index >= 15 is 0 Å². The van der Waals surface area contributed by atoms with Crippen LogP contribution in [0.2, 0.25) is 5.02 Å². The molecule has 0 spiro atoms. The molecule has 1 aliphatic carbocycles. The van der Waals surface area contributed by atoms with E-state index in [0.717, 1.165) is 53.9 Å². The Balaban J connectivity index is 1.60. The number of pyridine rings is 1. The summed E-state index contributed by atoms with van der Waals surface area (Å²) in [6, 6.07) is 9.34. The highest BCUT2D eigenvalue weighted by Gasteiger charge is 2.48. The standard InChI is InChI=1S/C25H27ClN2O7/c26-14-3-4-15-16(11-14)17(34-25-22(31)20(29)21(30)23(35-25)24(32)33)10-13-2-1-7-28-19(13)18(15)12-5-8-27-9-6-12/h1-4,7,11,17,20-23,25,27,29-31H,5-6,8-10H2,(H,32,33)/t17?,20-,21-,22+,23-,25+/m0/s1. The summed E-state index contributed by atoms with van der Waals surface area (Å²) < 4.78 is 11.6. The van der Waals surface area contributed by atoms with Crippen LogP contribution in [0.5, 0.6) is 0 Å². The summed E-state index contributed by atoms with van der Waals surface area (Å²) in [6.07, 6.45) is -5.27. The van der Waals surface area contributed by atoms with E-state index in [9.17, 15) is 25.2 Å². The van der Waals surface area contributed by atoms with Gasteiger partial charge in [0.15, 0.2) is 12.4 Å². The number of piperidine rings is 1. The first-order valence-corrected chi connectivity index (χ1v) is 12.0. The van der Waals surface area contributed by atoms with E-state index < -0.39 is 42.8 Å². The van der Waals surface area contributed by atoms with Gasteiger partial charge >= 0.3 is 5.97 Å². The molecule has 3 heterocycles. The van der Waals surface area contributed by atoms with Crippen molar-refractivity contribution in [2.24, 2.45) is 0 Å². The number of carboxylic acids is 1. The number of rotatable bonds is 3. The van der Waals surface area contributed by atoms with Crippen LogP contribution in [0, 0.1) is 0 Å². The SMILES string of the molecule is O=C(O)[C@H]1O[C@@H](OC2Cc3cccnc3C(=C3CCNCC3)c3ccc(Cl)cc32)[C@H](O)[C@@H](O)[C@@H]1O. The number of benzene rings is 1. The maximum absolute atomic E-state index is 11.6. The number of nitrogens with one attached hydrogen (secondary N) is 1. The maximum Gasteiger partial charge on any atom is 0.335 e. The minimum atomic E-state index is -1.79. The topological polar surface area (TPSA) is 141 Å². The number of aliphatic hydroxyl groups is 3. The first-order chi connectivity index (χ1) is 16.8. The fourth-order valence-corrected chi connectivity index (χ4v) is 5.26. The number of aliphatic hydroxyl groups excluding tert-OH is 3. The lowest BCUT2D eigenvalue weighted by Crippen LogP contribution is -2.60. The van der Waals surface area contributed by atoms with Gasteiger partial charge in [0.05, 0.1) is 11.8 Å². The molecule has 1 unspecified atom stereocenters. The van der Waals surface area contributed by atoms with Gasteiger partial charge in [0.2, 0.25) is 0 Å². The van der Waals surface area contributed by atoms with Crippen molar-refractivity contribution in [2.75, 3.05) is 13.1 Å². The van der Waals surface area contributed by atoms with Crippen molar-refractivity contribution >= 4 is 23.1 Å². The van der Waals surface area contributed by atoms with Crippen molar-refractivity contribution in [3.8, 4) is 0 Å². The number of hydrogen-bond acceptors (Lipinski definition) is 8. The zero-order chi connectivity index (χ0) is 24.7. The summed E-state index contributed by atoms with van der Waals surface area (Å²) in [5, 5.41) is 44.1. The Labute approximate surface area is 207 Å². The number of carboxylic acid groups (broad SMARTS) is 1. The second-order valence-electron chi connectivity index (χ2n) is 9.04. The van der Waals surface area contributed by atoms with E-state index in [2.05, 4.69) is 5.32 Å². The highest BCUT2D eigenvalue weighted by atomic mass is 35.5. The van der Waals surface area contributed by atoms with Gasteiger partial charge in [-0.25, -0.2) is 4.79 Å². The quantitative estimate of drug-likeness (QED) is 0.421. The van der Waals surface area contributed by atoms with Crippen LogP contribution in [-0.2, 0) is 20.7 Å². The lowest BCUT2D eigenvalue weighted by atomic mass is 9.89. The zero-order valence-electron chi connectivity index (χ0n) is 18.8. The molecule has 2 fully saturated rings. The van der Waals surface area contributed by atoms with Crippen LogP contribution >= 0.6 is 11.6 Å². The molecule has 1 aromatic carbocycles. The molecule has 3 aliphatic rings. The van der Waals surface area contributed by atoms with Crippen molar-refractivity contribution in [1.82, 2.24) is 10.3 Å². The van der Waals surface area contributed by atoms with Crippen molar-refractivity contribution in [3.63, 3.8) is 0 Å². The number of ether oxygens (including phenoxy) is 2. The van der Waals surface area contributed by atoms with Gasteiger partial charge in [-0.05, 0) is 60.8 Å². The van der Waals surface area contributed by atoms with Gasteiger partial charge in [-0.1, -0.05) is 29.3 Å². The summed E-state index contributed by atoms with van der Waals surface area (Å²) >= 11 is 6.39. The van der Waals surface area contributed by atoms with Crippen molar-refractivity contribution in [2.45, 2.75) is 56.1 Å². The molecule has 2 aliphatic heterocycles. The second-order valence-corrected chi connectivity index (χ2v) is 9.47. The van der Waals surface area contributed by atoms with Crippen LogP contribution in [0.4, 0.5) is 0 Å². The Kier molecular flexibility index (Phi) is 6.91. The third kappa shape index (κ3) is 4.61. The number of aromatic nitrogens is 1. The summed E-state index contributed by atoms with van der Waals surface area (Å²) in [7, 11) is 0. The lowest BCUT2D eigenvalue weighted by Gasteiger charge is -2.40. The first kappa shape index (κ1) is 24.3. The number of halogens is 1. The molecule has 1 aromatic heterocycles. The van der Waals surface area contributed by atoms with Crippen LogP contribution < -0.4 is 5.32 Å². The zero-order valence-corrected chi connectivity index (χ0v) is 19.6. The number of aliphatic carboxylic acids is 1. The van der Waals surface area contributed by atoms with Crippen LogP contribution in [0.15, 0.2) is 42.1 Å². The maximum atomic E-state index is 11.6. The fraction of sp³-hybridized carbons (Fsp3) is 0.440. The van der Waals surface area contributed by atoms with E-state index in [1.807, 2.05) is 18.2 Å². The highest BCUT2D eigenvalue weighted by Crippen LogP contribution is 2.43. The number of carbonyl (C=O) groups is 1.